The number of amides is 1. The number of ether oxygens (including phenoxy) is 2. The Hall–Kier alpha value is -1.57. The lowest BCUT2D eigenvalue weighted by Gasteiger charge is -2.25. The molecule has 124 valence electrons. The molecule has 2 aliphatic heterocycles. The minimum atomic E-state index is -0.0722. The first-order valence-electron chi connectivity index (χ1n) is 7.87. The minimum absolute atomic E-state index is 0.0722. The van der Waals surface area contributed by atoms with Crippen LogP contribution in [0.4, 0.5) is 0 Å². The van der Waals surface area contributed by atoms with Crippen LogP contribution >= 0.6 is 11.8 Å². The molecular weight excluding hydrogens is 314 g/mol. The van der Waals surface area contributed by atoms with Crippen LogP contribution in [0.25, 0.3) is 0 Å². The summed E-state index contributed by atoms with van der Waals surface area (Å²) in [5.41, 5.74) is 3.50. The molecule has 0 aromatic heterocycles. The lowest BCUT2D eigenvalue weighted by Crippen LogP contribution is -3.15. The van der Waals surface area contributed by atoms with Crippen LogP contribution in [-0.4, -0.2) is 62.6 Å². The molecule has 0 saturated carbocycles. The third-order valence-corrected chi connectivity index (χ3v) is 5.00. The number of benzene rings is 1. The van der Waals surface area contributed by atoms with E-state index >= 15 is 0 Å². The molecule has 0 bridgehead atoms. The van der Waals surface area contributed by atoms with Gasteiger partial charge in [-0.1, -0.05) is 12.1 Å². The summed E-state index contributed by atoms with van der Waals surface area (Å²) < 4.78 is 11.1. The summed E-state index contributed by atoms with van der Waals surface area (Å²) >= 11 is 1.89. The number of carbonyl (C=O) groups is 1. The van der Waals surface area contributed by atoms with Crippen molar-refractivity contribution in [3.8, 4) is 5.75 Å². The Morgan fingerprint density at radius 1 is 1.43 bits per heavy atom. The van der Waals surface area contributed by atoms with E-state index in [9.17, 15) is 4.79 Å². The van der Waals surface area contributed by atoms with E-state index in [0.29, 0.717) is 12.6 Å². The second-order valence-electron chi connectivity index (χ2n) is 5.68. The molecule has 0 aliphatic carbocycles. The molecule has 0 atom stereocenters. The fourth-order valence-electron chi connectivity index (χ4n) is 2.42. The maximum Gasteiger partial charge on any atom is 0.295 e. The first-order chi connectivity index (χ1) is 11.3. The normalized spacial score (nSPS) is 19.5. The van der Waals surface area contributed by atoms with Crippen molar-refractivity contribution in [2.24, 2.45) is 5.10 Å². The van der Waals surface area contributed by atoms with Gasteiger partial charge in [0.15, 0.2) is 6.54 Å². The second-order valence-corrected chi connectivity index (χ2v) is 6.76. The maximum atomic E-state index is 11.8. The van der Waals surface area contributed by atoms with E-state index in [1.807, 2.05) is 36.0 Å². The van der Waals surface area contributed by atoms with Gasteiger partial charge >= 0.3 is 0 Å². The van der Waals surface area contributed by atoms with Gasteiger partial charge < -0.3 is 14.4 Å². The van der Waals surface area contributed by atoms with Crippen molar-refractivity contribution in [3.63, 3.8) is 0 Å². The van der Waals surface area contributed by atoms with Gasteiger partial charge in [0.05, 0.1) is 19.4 Å². The number of hydrazone groups is 1. The number of hydrogen-bond acceptors (Lipinski definition) is 5. The van der Waals surface area contributed by atoms with Gasteiger partial charge in [-0.15, -0.1) is 0 Å². The Morgan fingerprint density at radius 3 is 3.00 bits per heavy atom. The highest BCUT2D eigenvalue weighted by atomic mass is 32.2. The highest BCUT2D eigenvalue weighted by Crippen LogP contribution is 2.24. The fourth-order valence-corrected chi connectivity index (χ4v) is 2.99. The Labute approximate surface area is 140 Å². The molecule has 2 saturated heterocycles. The smallest absolute Gasteiger partial charge is 0.295 e. The quantitative estimate of drug-likeness (QED) is 0.545. The van der Waals surface area contributed by atoms with Crippen LogP contribution in [0.1, 0.15) is 5.56 Å². The zero-order chi connectivity index (χ0) is 15.9. The Bertz CT molecular complexity index is 557. The van der Waals surface area contributed by atoms with Crippen LogP contribution in [0.15, 0.2) is 29.4 Å². The van der Waals surface area contributed by atoms with E-state index in [2.05, 4.69) is 10.5 Å². The molecule has 2 N–H and O–H groups in total. The topological polar surface area (TPSA) is 64.4 Å². The van der Waals surface area contributed by atoms with Crippen molar-refractivity contribution in [1.29, 1.82) is 0 Å². The van der Waals surface area contributed by atoms with Crippen LogP contribution in [0.2, 0.25) is 0 Å². The number of carbonyl (C=O) groups excluding carboxylic acids is 1. The maximum absolute atomic E-state index is 11.8. The molecule has 2 fully saturated rings. The molecule has 3 rings (SSSR count). The largest absolute Gasteiger partial charge is 0.489 e. The van der Waals surface area contributed by atoms with Crippen LogP contribution < -0.4 is 15.1 Å². The van der Waals surface area contributed by atoms with E-state index in [4.69, 9.17) is 9.47 Å². The van der Waals surface area contributed by atoms with E-state index < -0.39 is 0 Å². The molecule has 0 radical (unpaired) electrons. The molecular formula is C16H22N3O3S+. The van der Waals surface area contributed by atoms with Crippen LogP contribution in [0.5, 0.6) is 5.75 Å². The molecule has 7 heteroatoms. The Morgan fingerprint density at radius 2 is 2.26 bits per heavy atom. The predicted octanol–water partition coefficient (Wildman–Crippen LogP) is -0.454. The monoisotopic (exact) mass is 336 g/mol. The number of hydrogen-bond donors (Lipinski definition) is 2. The van der Waals surface area contributed by atoms with E-state index in [-0.39, 0.29) is 5.91 Å². The van der Waals surface area contributed by atoms with Crippen LogP contribution in [-0.2, 0) is 9.53 Å². The lowest BCUT2D eigenvalue weighted by molar-refractivity contribution is -0.900. The van der Waals surface area contributed by atoms with Crippen molar-refractivity contribution in [2.75, 3.05) is 44.4 Å². The van der Waals surface area contributed by atoms with Gasteiger partial charge in [0, 0.05) is 11.5 Å². The van der Waals surface area contributed by atoms with Gasteiger partial charge in [0.2, 0.25) is 0 Å². The van der Waals surface area contributed by atoms with Crippen molar-refractivity contribution in [1.82, 2.24) is 5.43 Å². The first kappa shape index (κ1) is 16.3. The summed E-state index contributed by atoms with van der Waals surface area (Å²) in [6.45, 7) is 3.62. The average Bonchev–Trinajstić information content (AvgIpc) is 2.52. The molecule has 1 aromatic carbocycles. The number of thioether (sulfide) groups is 1. The zero-order valence-corrected chi connectivity index (χ0v) is 13.8. The number of nitrogens with one attached hydrogen (secondary N) is 2. The number of quaternary nitrogens is 1. The van der Waals surface area contributed by atoms with Gasteiger partial charge in [0.1, 0.15) is 24.9 Å². The average molecular weight is 336 g/mol. The molecule has 0 spiro atoms. The van der Waals surface area contributed by atoms with Gasteiger partial charge in [-0.05, 0) is 17.7 Å². The number of morpholine rings is 1. The van der Waals surface area contributed by atoms with E-state index in [1.165, 1.54) is 4.90 Å². The SMILES string of the molecule is O=C(C[NH+]1CCOCC1)NN=Cc1cccc(OC2CSC2)c1. The number of nitrogens with zero attached hydrogens (tertiary/aromatic N) is 1. The molecule has 1 aromatic rings. The van der Waals surface area contributed by atoms with Gasteiger partial charge in [-0.25, -0.2) is 5.43 Å². The molecule has 6 nitrogen and oxygen atoms in total. The summed E-state index contributed by atoms with van der Waals surface area (Å²) in [5.74, 6) is 2.89. The summed E-state index contributed by atoms with van der Waals surface area (Å²) in [6.07, 6.45) is 1.97. The minimum Gasteiger partial charge on any atom is -0.489 e. The lowest BCUT2D eigenvalue weighted by atomic mass is 10.2. The zero-order valence-electron chi connectivity index (χ0n) is 13.0. The van der Waals surface area contributed by atoms with Crippen molar-refractivity contribution >= 4 is 23.9 Å². The van der Waals surface area contributed by atoms with Gasteiger partial charge in [0.25, 0.3) is 5.91 Å². The molecule has 23 heavy (non-hydrogen) atoms. The molecule has 0 unspecified atom stereocenters. The summed E-state index contributed by atoms with van der Waals surface area (Å²) in [6, 6.07) is 7.75. The molecule has 1 amide bonds. The fraction of sp³-hybridized carbons (Fsp3) is 0.500. The van der Waals surface area contributed by atoms with Crippen molar-refractivity contribution in [3.05, 3.63) is 29.8 Å². The van der Waals surface area contributed by atoms with Crippen molar-refractivity contribution < 1.29 is 19.2 Å². The Kier molecular flexibility index (Phi) is 5.90. The molecule has 2 aliphatic rings. The summed E-state index contributed by atoms with van der Waals surface area (Å²) in [5, 5.41) is 4.03. The van der Waals surface area contributed by atoms with Crippen molar-refractivity contribution in [2.45, 2.75) is 6.10 Å². The Balaban J connectivity index is 1.45. The summed E-state index contributed by atoms with van der Waals surface area (Å²) in [7, 11) is 0. The number of rotatable bonds is 6. The predicted molar refractivity (Wildman–Crippen MR) is 90.3 cm³/mol. The van der Waals surface area contributed by atoms with E-state index in [0.717, 1.165) is 49.1 Å². The highest BCUT2D eigenvalue weighted by Gasteiger charge is 2.19. The summed E-state index contributed by atoms with van der Waals surface area (Å²) in [4.78, 5) is 13.1. The van der Waals surface area contributed by atoms with Gasteiger partial charge in [-0.3, -0.25) is 4.79 Å². The van der Waals surface area contributed by atoms with Gasteiger partial charge in [-0.2, -0.15) is 16.9 Å². The first-order valence-corrected chi connectivity index (χ1v) is 9.03. The standard InChI is InChI=1S/C16H21N3O3S/c20-16(10-19-4-6-21-7-5-19)18-17-9-13-2-1-3-14(8-13)22-15-11-23-12-15/h1-3,8-9,15H,4-7,10-12H2,(H,18,20)/p+1. The molecule has 2 heterocycles. The van der Waals surface area contributed by atoms with Crippen LogP contribution in [0.3, 0.4) is 0 Å². The third kappa shape index (κ3) is 5.23. The van der Waals surface area contributed by atoms with Crippen LogP contribution in [0, 0.1) is 0 Å². The second kappa shape index (κ2) is 8.33. The third-order valence-electron chi connectivity index (χ3n) is 3.78. The van der Waals surface area contributed by atoms with E-state index in [1.54, 1.807) is 6.21 Å². The highest BCUT2D eigenvalue weighted by molar-refractivity contribution is 8.00.